The van der Waals surface area contributed by atoms with E-state index in [9.17, 15) is 14.2 Å². The van der Waals surface area contributed by atoms with Crippen molar-refractivity contribution in [2.75, 3.05) is 86.7 Å². The van der Waals surface area contributed by atoms with Crippen LogP contribution in [0.2, 0.25) is 0 Å². The summed E-state index contributed by atoms with van der Waals surface area (Å²) in [4.78, 5) is 49.6. The number of halogens is 3. The first-order chi connectivity index (χ1) is 32.6. The Kier molecular flexibility index (Phi) is 13.8. The van der Waals surface area contributed by atoms with E-state index in [1.165, 1.54) is 25.0 Å². The Balaban J connectivity index is 0.780. The van der Waals surface area contributed by atoms with E-state index in [1.54, 1.807) is 32.8 Å². The summed E-state index contributed by atoms with van der Waals surface area (Å²) in [5.74, 6) is -0.684. The topological polar surface area (TPSA) is 158 Å². The molecule has 4 aliphatic rings. The quantitative estimate of drug-likeness (QED) is 0.0804. The first kappa shape index (κ1) is 47.8. The number of hydrogen-bond acceptors (Lipinski definition) is 13. The summed E-state index contributed by atoms with van der Waals surface area (Å²) in [6, 6.07) is 10.7. The minimum atomic E-state index is -2.78. The highest BCUT2D eigenvalue weighted by Crippen LogP contribution is 2.45. The number of piperidine rings is 4. The van der Waals surface area contributed by atoms with Gasteiger partial charge in [0, 0.05) is 91.7 Å². The summed E-state index contributed by atoms with van der Waals surface area (Å²) >= 11 is 3.61. The molecule has 4 fully saturated rings. The first-order valence-corrected chi connectivity index (χ1v) is 27.1. The van der Waals surface area contributed by atoms with E-state index >= 15 is 8.78 Å². The van der Waals surface area contributed by atoms with Crippen molar-refractivity contribution >= 4 is 85.6 Å². The zero-order valence-electron chi connectivity index (χ0n) is 39.4. The van der Waals surface area contributed by atoms with Gasteiger partial charge in [0.25, 0.3) is 0 Å². The summed E-state index contributed by atoms with van der Waals surface area (Å²) in [6.45, 7) is 14.2. The highest BCUT2D eigenvalue weighted by Gasteiger charge is 2.39. The van der Waals surface area contributed by atoms with Crippen molar-refractivity contribution in [1.29, 1.82) is 0 Å². The van der Waals surface area contributed by atoms with Crippen LogP contribution in [0.4, 0.5) is 43.3 Å². The normalized spacial score (nSPS) is 19.4. The lowest BCUT2D eigenvalue weighted by atomic mass is 9.71. The number of methoxy groups -OCH3 is 1. The summed E-state index contributed by atoms with van der Waals surface area (Å²) in [5, 5.41) is 10.4. The van der Waals surface area contributed by atoms with Crippen molar-refractivity contribution in [2.45, 2.75) is 77.6 Å². The van der Waals surface area contributed by atoms with Gasteiger partial charge in [0.1, 0.15) is 36.2 Å². The van der Waals surface area contributed by atoms with E-state index in [-0.39, 0.29) is 18.4 Å². The Morgan fingerprint density at radius 1 is 0.882 bits per heavy atom. The minimum Gasteiger partial charge on any atom is -0.494 e. The Morgan fingerprint density at radius 3 is 2.25 bits per heavy atom. The van der Waals surface area contributed by atoms with Gasteiger partial charge in [-0.25, -0.2) is 23.7 Å². The van der Waals surface area contributed by atoms with E-state index in [1.807, 2.05) is 24.0 Å². The van der Waals surface area contributed by atoms with Gasteiger partial charge >= 0.3 is 0 Å². The number of anilines is 6. The maximum absolute atomic E-state index is 15.3. The molecular weight excluding hydrogens is 953 g/mol. The lowest BCUT2D eigenvalue weighted by Gasteiger charge is -2.48. The number of ether oxygens (including phenoxy) is 1. The lowest BCUT2D eigenvalue weighted by molar-refractivity contribution is -0.134. The third-order valence-electron chi connectivity index (χ3n) is 14.6. The second-order valence-corrected chi connectivity index (χ2v) is 23.4. The van der Waals surface area contributed by atoms with Crippen molar-refractivity contribution in [1.82, 2.24) is 30.2 Å². The SMILES string of the molecule is CCc1ncc2c(P(C)(C)=O)c(Nc3nc(Nc4cc(C)c(N5CCC6(CCN(CC7CCN(c8cc(F)c([C@H]9CCC(=O)NC9=O)c(F)c8)CC7)CC6)CC5)cc4OC)ncc3Br)ccc2n1. The van der Waals surface area contributed by atoms with Crippen LogP contribution in [-0.2, 0) is 20.6 Å². The van der Waals surface area contributed by atoms with Crippen LogP contribution in [0, 0.1) is 29.9 Å². The molecule has 5 aromatic rings. The molecule has 360 valence electrons. The number of nitrogens with zero attached hydrogens (tertiary/aromatic N) is 7. The number of nitrogens with one attached hydrogen (secondary N) is 3. The Morgan fingerprint density at radius 2 is 1.59 bits per heavy atom. The predicted octanol–water partition coefficient (Wildman–Crippen LogP) is 9.19. The van der Waals surface area contributed by atoms with Gasteiger partial charge in [0.2, 0.25) is 17.8 Å². The van der Waals surface area contributed by atoms with Crippen molar-refractivity contribution < 1.29 is 27.7 Å². The highest BCUT2D eigenvalue weighted by atomic mass is 79.9. The smallest absolute Gasteiger partial charge is 0.234 e. The number of rotatable bonds is 12. The number of aryl methyl sites for hydroxylation is 2. The van der Waals surface area contributed by atoms with Gasteiger partial charge < -0.3 is 34.6 Å². The number of imide groups is 1. The van der Waals surface area contributed by atoms with E-state index in [2.05, 4.69) is 75.7 Å². The van der Waals surface area contributed by atoms with Gasteiger partial charge in [0.15, 0.2) is 0 Å². The zero-order chi connectivity index (χ0) is 47.9. The maximum Gasteiger partial charge on any atom is 0.234 e. The number of fused-ring (bicyclic) bond motifs is 1. The molecular formula is C50H60BrF2N10O4P. The molecule has 4 aliphatic heterocycles. The third-order valence-corrected chi connectivity index (χ3v) is 16.8. The van der Waals surface area contributed by atoms with E-state index in [4.69, 9.17) is 9.72 Å². The number of aromatic nitrogens is 4. The summed E-state index contributed by atoms with van der Waals surface area (Å²) in [7, 11) is -1.11. The highest BCUT2D eigenvalue weighted by molar-refractivity contribution is 9.10. The van der Waals surface area contributed by atoms with Gasteiger partial charge in [-0.3, -0.25) is 14.9 Å². The number of amides is 2. The average Bonchev–Trinajstić information content (AvgIpc) is 3.31. The molecule has 0 saturated carbocycles. The molecule has 6 heterocycles. The van der Waals surface area contributed by atoms with Gasteiger partial charge in [-0.1, -0.05) is 6.92 Å². The molecule has 3 N–H and O–H groups in total. The van der Waals surface area contributed by atoms with E-state index in [0.717, 1.165) is 105 Å². The van der Waals surface area contributed by atoms with Crippen LogP contribution < -0.4 is 35.8 Å². The van der Waals surface area contributed by atoms with Crippen LogP contribution in [0.5, 0.6) is 5.75 Å². The van der Waals surface area contributed by atoms with Crippen molar-refractivity contribution in [3.05, 3.63) is 81.9 Å². The largest absolute Gasteiger partial charge is 0.494 e. The van der Waals surface area contributed by atoms with Gasteiger partial charge in [0.05, 0.1) is 34.4 Å². The molecule has 18 heteroatoms. The Hall–Kier alpha value is -5.25. The van der Waals surface area contributed by atoms with Gasteiger partial charge in [-0.15, -0.1) is 0 Å². The Bertz CT molecular complexity index is 2760. The molecule has 0 unspecified atom stereocenters. The van der Waals surface area contributed by atoms with E-state index < -0.39 is 36.5 Å². The zero-order valence-corrected chi connectivity index (χ0v) is 41.9. The summed E-state index contributed by atoms with van der Waals surface area (Å²) < 4.78 is 50.8. The van der Waals surface area contributed by atoms with Crippen molar-refractivity contribution in [3.8, 4) is 5.75 Å². The fraction of sp³-hybridized carbons (Fsp3) is 0.480. The molecule has 0 aliphatic carbocycles. The first-order valence-electron chi connectivity index (χ1n) is 23.7. The molecule has 4 saturated heterocycles. The molecule has 1 spiro atoms. The molecule has 68 heavy (non-hydrogen) atoms. The monoisotopic (exact) mass is 1010 g/mol. The second kappa shape index (κ2) is 19.6. The summed E-state index contributed by atoms with van der Waals surface area (Å²) in [6.07, 6.45) is 10.9. The second-order valence-electron chi connectivity index (χ2n) is 19.4. The molecule has 1 atom stereocenters. The van der Waals surface area contributed by atoms with Crippen LogP contribution in [0.25, 0.3) is 10.9 Å². The van der Waals surface area contributed by atoms with Crippen LogP contribution in [0.3, 0.4) is 0 Å². The van der Waals surface area contributed by atoms with Crippen molar-refractivity contribution in [3.63, 3.8) is 0 Å². The minimum absolute atomic E-state index is 0.0675. The lowest BCUT2D eigenvalue weighted by Crippen LogP contribution is -2.48. The van der Waals surface area contributed by atoms with E-state index in [0.29, 0.717) is 56.4 Å². The van der Waals surface area contributed by atoms with Crippen LogP contribution in [-0.4, -0.2) is 103 Å². The maximum atomic E-state index is 15.3. The van der Waals surface area contributed by atoms with Gasteiger partial charge in [-0.05, 0) is 141 Å². The third kappa shape index (κ3) is 10.1. The van der Waals surface area contributed by atoms with Crippen LogP contribution in [0.1, 0.15) is 81.2 Å². The fourth-order valence-corrected chi connectivity index (χ4v) is 12.5. The van der Waals surface area contributed by atoms with Crippen LogP contribution >= 0.6 is 23.1 Å². The fourth-order valence-electron chi connectivity index (χ4n) is 10.8. The number of carbonyl (C=O) groups is 2. The molecule has 9 rings (SSSR count). The van der Waals surface area contributed by atoms with Crippen LogP contribution in [0.15, 0.2) is 53.3 Å². The average molecular weight is 1010 g/mol. The standard InChI is InChI=1S/C50H60BrF2N10O4P/c1-6-43-54-27-34-38(56-43)8-9-39(46(34)68(4,5)66)57-47-35(51)28-55-49(60-47)58-40-23-30(2)41(26-42(40)67-3)63-21-15-50(16-22-63)13-19-61(20-14-50)29-31-11-17-62(18-12-31)32-24-36(52)45(37(53)25-32)33-7-10-44(64)59-48(33)65/h8-9,23-28,31,33H,6-7,10-22,29H2,1-5H3,(H,59,64,65)(H2,55,57,58,60)/t33-/m1/s1. The van der Waals surface area contributed by atoms with Gasteiger partial charge in [-0.2, -0.15) is 4.98 Å². The summed E-state index contributed by atoms with van der Waals surface area (Å²) in [5.41, 5.74) is 5.03. The number of likely N-dealkylation sites (tertiary alicyclic amines) is 1. The number of benzene rings is 3. The Labute approximate surface area is 404 Å². The van der Waals surface area contributed by atoms with Crippen molar-refractivity contribution in [2.24, 2.45) is 11.3 Å². The molecule has 14 nitrogen and oxygen atoms in total. The molecule has 2 aromatic heterocycles. The number of hydrogen-bond donors (Lipinski definition) is 3. The molecule has 2 amide bonds. The number of carbonyl (C=O) groups excluding carboxylic acids is 2. The predicted molar refractivity (Wildman–Crippen MR) is 268 cm³/mol. The molecule has 3 aromatic carbocycles. The molecule has 0 radical (unpaired) electrons. The molecule has 0 bridgehead atoms.